The molecule has 1 N–H and O–H groups in total. The number of methoxy groups -OCH3 is 1. The van der Waals surface area contributed by atoms with Crippen LogP contribution in [0.5, 0.6) is 6.01 Å². The highest BCUT2D eigenvalue weighted by molar-refractivity contribution is 6.04. The van der Waals surface area contributed by atoms with Crippen LogP contribution in [-0.2, 0) is 10.9 Å². The van der Waals surface area contributed by atoms with E-state index in [4.69, 9.17) is 9.47 Å². The molecule has 4 aromatic rings. The third kappa shape index (κ3) is 5.69. The average molecular weight is 500 g/mol. The fourth-order valence-electron chi connectivity index (χ4n) is 3.30. The molecule has 0 radical (unpaired) electrons. The third-order valence-electron chi connectivity index (χ3n) is 5.04. The minimum absolute atomic E-state index is 0.0450. The van der Waals surface area contributed by atoms with Crippen molar-refractivity contribution >= 4 is 11.6 Å². The van der Waals surface area contributed by atoms with E-state index in [0.29, 0.717) is 11.4 Å². The van der Waals surface area contributed by atoms with Gasteiger partial charge in [-0.15, -0.1) is 5.10 Å². The highest BCUT2D eigenvalue weighted by Gasteiger charge is 2.31. The smallest absolute Gasteiger partial charge is 0.416 e. The fraction of sp³-hybridized carbons (Fsp3) is 0.160. The zero-order valence-corrected chi connectivity index (χ0v) is 18.9. The molecule has 0 fully saturated rings. The number of benzene rings is 3. The van der Waals surface area contributed by atoms with Gasteiger partial charge >= 0.3 is 12.2 Å². The summed E-state index contributed by atoms with van der Waals surface area (Å²) in [5, 5.41) is 6.88. The molecule has 0 aliphatic carbocycles. The van der Waals surface area contributed by atoms with Gasteiger partial charge in [-0.2, -0.15) is 18.2 Å². The summed E-state index contributed by atoms with van der Waals surface area (Å²) in [6, 6.07) is 16.5. The van der Waals surface area contributed by atoms with Crippen LogP contribution in [0.1, 0.15) is 15.9 Å². The van der Waals surface area contributed by atoms with Crippen LogP contribution in [0.4, 0.5) is 23.2 Å². The van der Waals surface area contributed by atoms with E-state index in [-0.39, 0.29) is 36.2 Å². The molecule has 0 aliphatic rings. The number of ether oxygens (including phenoxy) is 2. The van der Waals surface area contributed by atoms with Gasteiger partial charge in [-0.05, 0) is 48.5 Å². The van der Waals surface area contributed by atoms with Crippen molar-refractivity contribution in [2.75, 3.05) is 25.6 Å². The maximum Gasteiger partial charge on any atom is 0.416 e. The van der Waals surface area contributed by atoms with Crippen LogP contribution >= 0.6 is 0 Å². The summed E-state index contributed by atoms with van der Waals surface area (Å²) < 4.78 is 65.4. The summed E-state index contributed by atoms with van der Waals surface area (Å²) in [7, 11) is 1.50. The lowest BCUT2D eigenvalue weighted by molar-refractivity contribution is -0.137. The largest absolute Gasteiger partial charge is 0.460 e. The number of amides is 1. The van der Waals surface area contributed by atoms with E-state index in [0.717, 1.165) is 12.1 Å². The number of nitrogens with one attached hydrogen (secondary N) is 1. The van der Waals surface area contributed by atoms with Gasteiger partial charge in [0.05, 0.1) is 23.4 Å². The molecular formula is C25H20F4N4O3. The van der Waals surface area contributed by atoms with Crippen molar-refractivity contribution in [2.45, 2.75) is 6.18 Å². The first-order valence-electron chi connectivity index (χ1n) is 10.7. The van der Waals surface area contributed by atoms with E-state index in [1.165, 1.54) is 42.1 Å². The number of rotatable bonds is 8. The van der Waals surface area contributed by atoms with E-state index in [9.17, 15) is 22.4 Å². The predicted octanol–water partition coefficient (Wildman–Crippen LogP) is 5.37. The second-order valence-corrected chi connectivity index (χ2v) is 7.53. The van der Waals surface area contributed by atoms with Crippen LogP contribution in [0.15, 0.2) is 72.8 Å². The van der Waals surface area contributed by atoms with Crippen molar-refractivity contribution in [3.63, 3.8) is 0 Å². The first-order valence-corrected chi connectivity index (χ1v) is 10.7. The van der Waals surface area contributed by atoms with Crippen molar-refractivity contribution in [2.24, 2.45) is 0 Å². The van der Waals surface area contributed by atoms with Crippen LogP contribution in [-0.4, -0.2) is 41.0 Å². The number of hydrogen-bond donors (Lipinski definition) is 1. The Hall–Kier alpha value is -4.25. The third-order valence-corrected chi connectivity index (χ3v) is 5.04. The highest BCUT2D eigenvalue weighted by Crippen LogP contribution is 2.33. The predicted molar refractivity (Wildman–Crippen MR) is 124 cm³/mol. The van der Waals surface area contributed by atoms with Gasteiger partial charge in [-0.25, -0.2) is 9.07 Å². The molecule has 1 heterocycles. The minimum atomic E-state index is -4.53. The Kier molecular flexibility index (Phi) is 7.30. The number of aromatic nitrogens is 3. The summed E-state index contributed by atoms with van der Waals surface area (Å²) >= 11 is 0. The standard InChI is InChI=1S/C25H20F4N4O3/c1-35-13-14-36-24-31-22(16-5-4-6-17(15-16)25(27,28)29)33(32-24)19-11-9-18(10-12-19)30-23(34)20-7-2-3-8-21(20)26/h2-12,15H,13-14H2,1H3,(H,30,34). The number of carbonyl (C=O) groups excluding carboxylic acids is 1. The SMILES string of the molecule is COCCOc1nc(-c2cccc(C(F)(F)F)c2)n(-c2ccc(NC(=O)c3ccccc3F)cc2)n1. The van der Waals surface area contributed by atoms with E-state index >= 15 is 0 Å². The van der Waals surface area contributed by atoms with Crippen LogP contribution in [0.25, 0.3) is 17.1 Å². The maximum atomic E-state index is 13.9. The van der Waals surface area contributed by atoms with E-state index < -0.39 is 23.5 Å². The number of carbonyl (C=O) groups is 1. The zero-order valence-electron chi connectivity index (χ0n) is 18.9. The van der Waals surface area contributed by atoms with Gasteiger partial charge in [0, 0.05) is 18.4 Å². The quantitative estimate of drug-likeness (QED) is 0.260. The van der Waals surface area contributed by atoms with Crippen LogP contribution < -0.4 is 10.1 Å². The molecule has 0 saturated carbocycles. The average Bonchev–Trinajstić information content (AvgIpc) is 3.29. The van der Waals surface area contributed by atoms with Crippen LogP contribution in [0, 0.1) is 5.82 Å². The summed E-state index contributed by atoms with van der Waals surface area (Å²) in [5.74, 6) is -1.15. The van der Waals surface area contributed by atoms with Crippen molar-refractivity contribution in [3.05, 3.63) is 89.7 Å². The molecule has 4 rings (SSSR count). The van der Waals surface area contributed by atoms with E-state index in [2.05, 4.69) is 15.4 Å². The molecule has 36 heavy (non-hydrogen) atoms. The lowest BCUT2D eigenvalue weighted by atomic mass is 10.1. The number of alkyl halides is 3. The fourth-order valence-corrected chi connectivity index (χ4v) is 3.30. The molecule has 1 amide bonds. The van der Waals surface area contributed by atoms with Crippen molar-refractivity contribution < 1.29 is 31.8 Å². The summed E-state index contributed by atoms with van der Waals surface area (Å²) in [5.41, 5.74) is 0.0608. The molecule has 0 atom stereocenters. The molecule has 7 nitrogen and oxygen atoms in total. The molecule has 186 valence electrons. The lowest BCUT2D eigenvalue weighted by Gasteiger charge is -2.10. The molecule has 0 spiro atoms. The molecule has 1 aromatic heterocycles. The van der Waals surface area contributed by atoms with Crippen molar-refractivity contribution in [3.8, 4) is 23.1 Å². The van der Waals surface area contributed by atoms with Gasteiger partial charge in [0.2, 0.25) is 0 Å². The van der Waals surface area contributed by atoms with Gasteiger partial charge in [0.1, 0.15) is 12.4 Å². The molecule has 0 unspecified atom stereocenters. The monoisotopic (exact) mass is 500 g/mol. The lowest BCUT2D eigenvalue weighted by Crippen LogP contribution is -2.13. The molecule has 0 aliphatic heterocycles. The van der Waals surface area contributed by atoms with Crippen molar-refractivity contribution in [1.82, 2.24) is 14.8 Å². The molecule has 11 heteroatoms. The van der Waals surface area contributed by atoms with E-state index in [1.807, 2.05) is 0 Å². The number of nitrogens with zero attached hydrogens (tertiary/aromatic N) is 3. The van der Waals surface area contributed by atoms with Crippen LogP contribution in [0.2, 0.25) is 0 Å². The molecular weight excluding hydrogens is 480 g/mol. The van der Waals surface area contributed by atoms with Gasteiger partial charge in [0.15, 0.2) is 5.82 Å². The number of halogens is 4. The molecule has 3 aromatic carbocycles. The number of anilines is 1. The summed E-state index contributed by atoms with van der Waals surface area (Å²) in [6.07, 6.45) is -4.53. The van der Waals surface area contributed by atoms with Gasteiger partial charge in [-0.3, -0.25) is 4.79 Å². The molecule has 0 saturated heterocycles. The second kappa shape index (κ2) is 10.6. The minimum Gasteiger partial charge on any atom is -0.460 e. The van der Waals surface area contributed by atoms with Gasteiger partial charge < -0.3 is 14.8 Å². The first-order chi connectivity index (χ1) is 17.3. The molecule has 0 bridgehead atoms. The summed E-state index contributed by atoms with van der Waals surface area (Å²) in [4.78, 5) is 16.6. The Balaban J connectivity index is 1.65. The Morgan fingerprint density at radius 1 is 1.00 bits per heavy atom. The maximum absolute atomic E-state index is 13.9. The van der Waals surface area contributed by atoms with E-state index in [1.54, 1.807) is 30.3 Å². The zero-order chi connectivity index (χ0) is 25.7. The van der Waals surface area contributed by atoms with Crippen LogP contribution in [0.3, 0.4) is 0 Å². The Labute approximate surface area is 203 Å². The van der Waals surface area contributed by atoms with Gasteiger partial charge in [-0.1, -0.05) is 24.3 Å². The highest BCUT2D eigenvalue weighted by atomic mass is 19.4. The number of hydrogen-bond acceptors (Lipinski definition) is 5. The van der Waals surface area contributed by atoms with Crippen molar-refractivity contribution in [1.29, 1.82) is 0 Å². The topological polar surface area (TPSA) is 78.3 Å². The Morgan fingerprint density at radius 2 is 1.75 bits per heavy atom. The Bertz CT molecular complexity index is 1350. The summed E-state index contributed by atoms with van der Waals surface area (Å²) in [6.45, 7) is 0.410. The first kappa shape index (κ1) is 24.9. The second-order valence-electron chi connectivity index (χ2n) is 7.53. The Morgan fingerprint density at radius 3 is 2.44 bits per heavy atom. The van der Waals surface area contributed by atoms with Gasteiger partial charge in [0.25, 0.3) is 5.91 Å². The normalized spacial score (nSPS) is 11.4.